The molecule has 0 heterocycles. The molecule has 2 unspecified atom stereocenters. The molecule has 2 saturated carbocycles. The lowest BCUT2D eigenvalue weighted by Gasteiger charge is -2.51. The fourth-order valence-corrected chi connectivity index (χ4v) is 4.61. The molecule has 144 valence electrons. The van der Waals surface area contributed by atoms with Gasteiger partial charge in [0.05, 0.1) is 0 Å². The van der Waals surface area contributed by atoms with Gasteiger partial charge in [0.15, 0.2) is 0 Å². The molecule has 0 aromatic rings. The van der Waals surface area contributed by atoms with Crippen molar-refractivity contribution in [3.63, 3.8) is 0 Å². The van der Waals surface area contributed by atoms with E-state index in [9.17, 15) is 0 Å². The van der Waals surface area contributed by atoms with Crippen molar-refractivity contribution in [3.05, 3.63) is 0 Å². The predicted octanol–water partition coefficient (Wildman–Crippen LogP) is 8.21. The summed E-state index contributed by atoms with van der Waals surface area (Å²) in [5.41, 5.74) is 2.13. The van der Waals surface area contributed by atoms with Crippen LogP contribution >= 0.6 is 0 Å². The van der Waals surface area contributed by atoms with Crippen molar-refractivity contribution >= 4 is 0 Å². The van der Waals surface area contributed by atoms with Crippen molar-refractivity contribution in [2.75, 3.05) is 0 Å². The van der Waals surface area contributed by atoms with Crippen LogP contribution in [-0.2, 0) is 0 Å². The van der Waals surface area contributed by atoms with E-state index in [0.29, 0.717) is 21.7 Å². The number of hydrogen-bond acceptors (Lipinski definition) is 0. The Morgan fingerprint density at radius 3 is 0.792 bits per heavy atom. The molecule has 0 amide bonds. The molecule has 0 aromatic heterocycles. The number of rotatable bonds is 0. The summed E-state index contributed by atoms with van der Waals surface area (Å²) in [6.07, 6.45) is 5.80. The van der Waals surface area contributed by atoms with Gasteiger partial charge in [-0.1, -0.05) is 83.1 Å². The summed E-state index contributed by atoms with van der Waals surface area (Å²) >= 11 is 0. The topological polar surface area (TPSA) is 0 Å². The first-order valence-corrected chi connectivity index (χ1v) is 10.4. The minimum atomic E-state index is 0.524. The molecule has 0 nitrogen and oxygen atoms in total. The molecule has 2 fully saturated rings. The van der Waals surface area contributed by atoms with Crippen LogP contribution in [-0.4, -0.2) is 0 Å². The average molecular weight is 337 g/mol. The average Bonchev–Trinajstić information content (AvgIpc) is 1.99. The van der Waals surface area contributed by atoms with Crippen molar-refractivity contribution in [2.24, 2.45) is 45.3 Å². The van der Waals surface area contributed by atoms with Crippen molar-refractivity contribution in [1.29, 1.82) is 0 Å². The molecule has 0 aliphatic heterocycles. The zero-order chi connectivity index (χ0) is 19.1. The monoisotopic (exact) mass is 336 g/mol. The Balaban J connectivity index is 0.000000240. The smallest absolute Gasteiger partial charge is 0.0332 e. The number of hydrogen-bond donors (Lipinski definition) is 0. The molecule has 0 heteroatoms. The summed E-state index contributed by atoms with van der Waals surface area (Å²) in [4.78, 5) is 0. The van der Waals surface area contributed by atoms with Gasteiger partial charge in [0, 0.05) is 0 Å². The Labute approximate surface area is 154 Å². The van der Waals surface area contributed by atoms with Gasteiger partial charge in [-0.2, -0.15) is 0 Å². The maximum Gasteiger partial charge on any atom is -0.0332 e. The molecule has 2 atom stereocenters. The van der Waals surface area contributed by atoms with E-state index in [-0.39, 0.29) is 0 Å². The molecule has 0 spiro atoms. The maximum absolute atomic E-state index is 2.38. The molecule has 24 heavy (non-hydrogen) atoms. The van der Waals surface area contributed by atoms with Gasteiger partial charge in [-0.15, -0.1) is 0 Å². The third-order valence-corrected chi connectivity index (χ3v) is 7.09. The Morgan fingerprint density at radius 2 is 0.667 bits per heavy atom. The van der Waals surface area contributed by atoms with Crippen LogP contribution in [0.2, 0.25) is 0 Å². The summed E-state index contributed by atoms with van der Waals surface area (Å²) in [6, 6.07) is 0. The minimum Gasteiger partial charge on any atom is -0.0599 e. The van der Waals surface area contributed by atoms with Gasteiger partial charge < -0.3 is 0 Å². The first-order chi connectivity index (χ1) is 10.4. The molecular weight excluding hydrogens is 288 g/mol. The molecule has 2 aliphatic rings. The Bertz CT molecular complexity index is 344. The molecule has 0 N–H and O–H groups in total. The van der Waals surface area contributed by atoms with E-state index in [4.69, 9.17) is 0 Å². The van der Waals surface area contributed by atoms with E-state index in [0.717, 1.165) is 23.7 Å². The first kappa shape index (κ1) is 22.0. The van der Waals surface area contributed by atoms with Gasteiger partial charge in [-0.3, -0.25) is 0 Å². The largest absolute Gasteiger partial charge is 0.0599 e. The van der Waals surface area contributed by atoms with Gasteiger partial charge in [-0.25, -0.2) is 0 Å². The molecular formula is C24H48. The maximum atomic E-state index is 2.38. The Kier molecular flexibility index (Phi) is 6.39. The van der Waals surface area contributed by atoms with Crippen LogP contribution in [0.15, 0.2) is 0 Å². The summed E-state index contributed by atoms with van der Waals surface area (Å²) < 4.78 is 0. The van der Waals surface area contributed by atoms with Crippen LogP contribution < -0.4 is 0 Å². The van der Waals surface area contributed by atoms with E-state index < -0.39 is 0 Å². The second-order valence-electron chi connectivity index (χ2n) is 13.1. The Hall–Kier alpha value is 0. The van der Waals surface area contributed by atoms with Gasteiger partial charge in [0.2, 0.25) is 0 Å². The van der Waals surface area contributed by atoms with Crippen molar-refractivity contribution in [3.8, 4) is 0 Å². The van der Waals surface area contributed by atoms with Gasteiger partial charge in [0.1, 0.15) is 0 Å². The van der Waals surface area contributed by atoms with Crippen LogP contribution in [0.1, 0.15) is 109 Å². The highest BCUT2D eigenvalue weighted by Crippen LogP contribution is 2.53. The normalized spacial score (nSPS) is 31.5. The lowest BCUT2D eigenvalue weighted by Crippen LogP contribution is -2.43. The van der Waals surface area contributed by atoms with Crippen LogP contribution in [0.4, 0.5) is 0 Å². The fraction of sp³-hybridized carbons (Fsp3) is 1.00. The zero-order valence-corrected chi connectivity index (χ0v) is 19.1. The summed E-state index contributed by atoms with van der Waals surface area (Å²) in [5, 5.41) is 0. The molecule has 2 rings (SSSR count). The summed E-state index contributed by atoms with van der Waals surface area (Å²) in [5.74, 6) is 3.86. The lowest BCUT2D eigenvalue weighted by molar-refractivity contribution is -0.0163. The van der Waals surface area contributed by atoms with E-state index in [2.05, 4.69) is 83.1 Å². The second kappa shape index (κ2) is 6.96. The van der Waals surface area contributed by atoms with Crippen molar-refractivity contribution in [2.45, 2.75) is 109 Å². The third-order valence-electron chi connectivity index (χ3n) is 7.09. The first-order valence-electron chi connectivity index (χ1n) is 10.4. The highest BCUT2D eigenvalue weighted by molar-refractivity contribution is 4.94. The summed E-state index contributed by atoms with van der Waals surface area (Å²) in [6.45, 7) is 28.5. The molecule has 0 aromatic carbocycles. The van der Waals surface area contributed by atoms with Gasteiger partial charge in [0.25, 0.3) is 0 Å². The minimum absolute atomic E-state index is 0.524. The molecule has 2 aliphatic carbocycles. The summed E-state index contributed by atoms with van der Waals surface area (Å²) in [7, 11) is 0. The zero-order valence-electron chi connectivity index (χ0n) is 19.1. The fourth-order valence-electron chi connectivity index (χ4n) is 4.61. The van der Waals surface area contributed by atoms with E-state index >= 15 is 0 Å². The van der Waals surface area contributed by atoms with Crippen LogP contribution in [0, 0.1) is 45.3 Å². The quantitative estimate of drug-likeness (QED) is 0.418. The van der Waals surface area contributed by atoms with Crippen molar-refractivity contribution < 1.29 is 0 Å². The highest BCUT2D eigenvalue weighted by atomic mass is 14.5. The van der Waals surface area contributed by atoms with E-state index in [1.54, 1.807) is 0 Å². The van der Waals surface area contributed by atoms with Crippen LogP contribution in [0.3, 0.4) is 0 Å². The van der Waals surface area contributed by atoms with Crippen LogP contribution in [0.25, 0.3) is 0 Å². The van der Waals surface area contributed by atoms with Gasteiger partial charge in [-0.05, 0) is 71.0 Å². The van der Waals surface area contributed by atoms with Crippen molar-refractivity contribution in [1.82, 2.24) is 0 Å². The van der Waals surface area contributed by atoms with Gasteiger partial charge >= 0.3 is 0 Å². The molecule has 0 radical (unpaired) electrons. The van der Waals surface area contributed by atoms with Crippen LogP contribution in [0.5, 0.6) is 0 Å². The predicted molar refractivity (Wildman–Crippen MR) is 110 cm³/mol. The molecule has 0 bridgehead atoms. The second-order valence-corrected chi connectivity index (χ2v) is 13.1. The highest BCUT2D eigenvalue weighted by Gasteiger charge is 2.44. The van der Waals surface area contributed by atoms with E-state index in [1.165, 1.54) is 25.7 Å². The molecule has 0 saturated heterocycles. The SMILES string of the molecule is CC(C)(C)C1CC(C(C)(C)C)C1.CC(C)(C)C1CCC1C(C)(C)C. The Morgan fingerprint density at radius 1 is 0.417 bits per heavy atom. The van der Waals surface area contributed by atoms with E-state index in [1.807, 2.05) is 0 Å². The standard InChI is InChI=1S/2C12H24/c1-11(2,3)9-7-10(8-9)12(4,5)6;1-11(2,3)9-7-8-10(9)12(4,5)6/h2*9-10H,7-8H2,1-6H3. The third kappa shape index (κ3) is 5.77. The lowest BCUT2D eigenvalue weighted by atomic mass is 9.54.